The molecule has 0 aromatic heterocycles. The van der Waals surface area contributed by atoms with E-state index in [2.05, 4.69) is 4.72 Å². The van der Waals surface area contributed by atoms with Crippen molar-refractivity contribution in [3.8, 4) is 0 Å². The van der Waals surface area contributed by atoms with Crippen LogP contribution in [-0.4, -0.2) is 32.0 Å². The minimum absolute atomic E-state index is 0.134. The molecule has 1 heterocycles. The van der Waals surface area contributed by atoms with Crippen LogP contribution in [-0.2, 0) is 21.2 Å². The van der Waals surface area contributed by atoms with Gasteiger partial charge in [0, 0.05) is 13.5 Å². The predicted octanol–water partition coefficient (Wildman–Crippen LogP) is 0.639. The second kappa shape index (κ2) is 4.70. The molecule has 1 aliphatic rings. The number of nitrogens with one attached hydrogen (secondary N) is 1. The minimum atomic E-state index is -3.38. The van der Waals surface area contributed by atoms with E-state index in [9.17, 15) is 13.2 Å². The molecule has 1 atom stereocenters. The molecule has 18 heavy (non-hydrogen) atoms. The number of benzene rings is 1. The molecule has 0 radical (unpaired) electrons. The first-order valence-corrected chi connectivity index (χ1v) is 7.60. The van der Waals surface area contributed by atoms with Gasteiger partial charge in [-0.15, -0.1) is 0 Å². The second-order valence-electron chi connectivity index (χ2n) is 4.45. The van der Waals surface area contributed by atoms with E-state index in [-0.39, 0.29) is 5.91 Å². The Morgan fingerprint density at radius 1 is 1.39 bits per heavy atom. The molecule has 0 fully saturated rings. The molecule has 98 valence electrons. The van der Waals surface area contributed by atoms with Crippen molar-refractivity contribution in [2.45, 2.75) is 19.5 Å². The number of sulfonamides is 1. The fraction of sp³-hybridized carbons (Fsp3) is 0.417. The molecule has 1 aliphatic heterocycles. The highest BCUT2D eigenvalue weighted by atomic mass is 32.2. The van der Waals surface area contributed by atoms with Crippen molar-refractivity contribution in [1.29, 1.82) is 0 Å². The summed E-state index contributed by atoms with van der Waals surface area (Å²) in [6.45, 7) is 1.98. The van der Waals surface area contributed by atoms with Crippen LogP contribution in [0.4, 0.5) is 0 Å². The molecule has 5 nitrogen and oxygen atoms in total. The topological polar surface area (TPSA) is 66.5 Å². The highest BCUT2D eigenvalue weighted by Crippen LogP contribution is 2.28. The molecule has 6 heteroatoms. The van der Waals surface area contributed by atoms with Crippen LogP contribution in [0.3, 0.4) is 0 Å². The van der Waals surface area contributed by atoms with Crippen molar-refractivity contribution < 1.29 is 13.2 Å². The first-order valence-electron chi connectivity index (χ1n) is 5.71. The van der Waals surface area contributed by atoms with Crippen LogP contribution < -0.4 is 4.72 Å². The van der Waals surface area contributed by atoms with Crippen LogP contribution in [0, 0.1) is 0 Å². The first kappa shape index (κ1) is 13.0. The number of rotatable bonds is 2. The lowest BCUT2D eigenvalue weighted by Gasteiger charge is -2.36. The largest absolute Gasteiger partial charge is 0.322 e. The van der Waals surface area contributed by atoms with Crippen molar-refractivity contribution in [2.24, 2.45) is 0 Å². The van der Waals surface area contributed by atoms with Gasteiger partial charge in [-0.1, -0.05) is 24.3 Å². The summed E-state index contributed by atoms with van der Waals surface area (Å²) >= 11 is 0. The molecule has 2 rings (SSSR count). The summed E-state index contributed by atoms with van der Waals surface area (Å²) in [6.07, 6.45) is 1.25. The van der Waals surface area contributed by atoms with Crippen molar-refractivity contribution in [2.75, 3.05) is 12.8 Å². The third-order valence-electron chi connectivity index (χ3n) is 3.01. The molecule has 1 N–H and O–H groups in total. The maximum absolute atomic E-state index is 11.6. The quantitative estimate of drug-likeness (QED) is 0.856. The molecule has 0 aliphatic carbocycles. The lowest BCUT2D eigenvalue weighted by atomic mass is 9.97. The fourth-order valence-electron chi connectivity index (χ4n) is 2.24. The Kier molecular flexibility index (Phi) is 3.41. The van der Waals surface area contributed by atoms with E-state index < -0.39 is 16.2 Å². The van der Waals surface area contributed by atoms with Crippen LogP contribution in [0.1, 0.15) is 24.2 Å². The van der Waals surface area contributed by atoms with Gasteiger partial charge in [-0.25, -0.2) is 8.42 Å². The zero-order chi connectivity index (χ0) is 13.3. The first-order chi connectivity index (χ1) is 8.38. The van der Waals surface area contributed by atoms with Gasteiger partial charge < -0.3 is 4.90 Å². The van der Waals surface area contributed by atoms with Gasteiger partial charge in [0.25, 0.3) is 0 Å². The molecular formula is C12H16N2O3S. The number of hydrogen-bond donors (Lipinski definition) is 1. The fourth-order valence-corrected chi connectivity index (χ4v) is 2.90. The highest BCUT2D eigenvalue weighted by Gasteiger charge is 2.30. The van der Waals surface area contributed by atoms with E-state index in [1.807, 2.05) is 24.3 Å². The van der Waals surface area contributed by atoms with Gasteiger partial charge in [-0.2, -0.15) is 4.72 Å². The van der Waals surface area contributed by atoms with E-state index >= 15 is 0 Å². The van der Waals surface area contributed by atoms with Gasteiger partial charge in [-0.3, -0.25) is 4.79 Å². The number of amides is 1. The molecular weight excluding hydrogens is 252 g/mol. The Bertz CT molecular complexity index is 568. The monoisotopic (exact) mass is 268 g/mol. The van der Waals surface area contributed by atoms with Crippen LogP contribution in [0.25, 0.3) is 0 Å². The zero-order valence-electron chi connectivity index (χ0n) is 10.4. The average Bonchev–Trinajstić information content (AvgIpc) is 2.27. The van der Waals surface area contributed by atoms with Crippen molar-refractivity contribution in [1.82, 2.24) is 9.62 Å². The van der Waals surface area contributed by atoms with Crippen LogP contribution in [0.2, 0.25) is 0 Å². The Hall–Kier alpha value is -1.40. The van der Waals surface area contributed by atoms with Crippen LogP contribution in [0.15, 0.2) is 24.3 Å². The van der Waals surface area contributed by atoms with Gasteiger partial charge in [-0.05, 0) is 17.5 Å². The number of carbonyl (C=O) groups excluding carboxylic acids is 1. The smallest absolute Gasteiger partial charge is 0.221 e. The van der Waals surface area contributed by atoms with Gasteiger partial charge in [0.2, 0.25) is 15.9 Å². The molecule has 0 saturated heterocycles. The Labute approximate surface area is 107 Å². The number of carbonyl (C=O) groups is 1. The summed E-state index contributed by atoms with van der Waals surface area (Å²) in [4.78, 5) is 13.1. The molecule has 1 unspecified atom stereocenters. The SMILES string of the molecule is CC(=O)N1CCc2ccccc2C1NS(C)(=O)=O. The van der Waals surface area contributed by atoms with Crippen molar-refractivity contribution in [3.63, 3.8) is 0 Å². The maximum atomic E-state index is 11.6. The molecule has 0 spiro atoms. The van der Waals surface area contributed by atoms with Gasteiger partial charge in [0.1, 0.15) is 6.17 Å². The average molecular weight is 268 g/mol. The number of nitrogens with zero attached hydrogens (tertiary/aromatic N) is 1. The molecule has 1 amide bonds. The molecule has 1 aromatic rings. The Morgan fingerprint density at radius 2 is 2.06 bits per heavy atom. The third-order valence-corrected chi connectivity index (χ3v) is 3.66. The normalized spacial score (nSPS) is 19.4. The van der Waals surface area contributed by atoms with E-state index in [0.29, 0.717) is 6.54 Å². The summed E-state index contributed by atoms with van der Waals surface area (Å²) in [6, 6.07) is 7.58. The third kappa shape index (κ3) is 2.70. The summed E-state index contributed by atoms with van der Waals surface area (Å²) in [7, 11) is -3.38. The standard InChI is InChI=1S/C12H16N2O3S/c1-9(15)14-8-7-10-5-3-4-6-11(10)12(14)13-18(2,16)17/h3-6,12-13H,7-8H2,1-2H3. The van der Waals surface area contributed by atoms with Gasteiger partial charge in [0.15, 0.2) is 0 Å². The van der Waals surface area contributed by atoms with Crippen molar-refractivity contribution in [3.05, 3.63) is 35.4 Å². The van der Waals surface area contributed by atoms with Crippen LogP contribution in [0.5, 0.6) is 0 Å². The zero-order valence-corrected chi connectivity index (χ0v) is 11.2. The van der Waals surface area contributed by atoms with E-state index in [1.54, 1.807) is 4.90 Å². The summed E-state index contributed by atoms with van der Waals surface area (Å²) < 4.78 is 25.4. The van der Waals surface area contributed by atoms with E-state index in [1.165, 1.54) is 6.92 Å². The highest BCUT2D eigenvalue weighted by molar-refractivity contribution is 7.88. The summed E-state index contributed by atoms with van der Waals surface area (Å²) in [5.41, 5.74) is 1.93. The lowest BCUT2D eigenvalue weighted by Crippen LogP contribution is -2.47. The maximum Gasteiger partial charge on any atom is 0.221 e. The molecule has 0 saturated carbocycles. The molecule has 1 aromatic carbocycles. The Balaban J connectivity index is 2.44. The summed E-state index contributed by atoms with van der Waals surface area (Å²) in [5.74, 6) is -0.134. The lowest BCUT2D eigenvalue weighted by molar-refractivity contribution is -0.131. The minimum Gasteiger partial charge on any atom is -0.322 e. The molecule has 0 bridgehead atoms. The van der Waals surface area contributed by atoms with Gasteiger partial charge >= 0.3 is 0 Å². The summed E-state index contributed by atoms with van der Waals surface area (Å²) in [5, 5.41) is 0. The number of fused-ring (bicyclic) bond motifs is 1. The van der Waals surface area contributed by atoms with Gasteiger partial charge in [0.05, 0.1) is 6.26 Å². The van der Waals surface area contributed by atoms with Crippen molar-refractivity contribution >= 4 is 15.9 Å². The number of hydrogen-bond acceptors (Lipinski definition) is 3. The second-order valence-corrected chi connectivity index (χ2v) is 6.23. The van der Waals surface area contributed by atoms with Crippen LogP contribution >= 0.6 is 0 Å². The van der Waals surface area contributed by atoms with E-state index in [4.69, 9.17) is 0 Å². The Morgan fingerprint density at radius 3 is 2.67 bits per heavy atom. The predicted molar refractivity (Wildman–Crippen MR) is 68.3 cm³/mol. The van der Waals surface area contributed by atoms with E-state index in [0.717, 1.165) is 23.8 Å².